The Balaban J connectivity index is 1.91. The molecule has 1 N–H and O–H groups in total. The van der Waals surface area contributed by atoms with Crippen molar-refractivity contribution in [3.8, 4) is 5.75 Å². The van der Waals surface area contributed by atoms with E-state index < -0.39 is 17.7 Å². The number of aliphatic hydroxyl groups excluding tert-OH is 1. The summed E-state index contributed by atoms with van der Waals surface area (Å²) in [4.78, 5) is 27.8. The molecule has 1 fully saturated rings. The molecule has 1 amide bonds. The third-order valence-electron chi connectivity index (χ3n) is 5.84. The number of nitrogens with zero attached hydrogens (tertiary/aromatic N) is 1. The van der Waals surface area contributed by atoms with Gasteiger partial charge in [-0.2, -0.15) is 0 Å². The third kappa shape index (κ3) is 3.93. The lowest BCUT2D eigenvalue weighted by Crippen LogP contribution is -2.29. The van der Waals surface area contributed by atoms with Gasteiger partial charge in [0.25, 0.3) is 11.7 Å². The van der Waals surface area contributed by atoms with Gasteiger partial charge in [0.05, 0.1) is 18.4 Å². The van der Waals surface area contributed by atoms with Gasteiger partial charge in [0.15, 0.2) is 0 Å². The van der Waals surface area contributed by atoms with E-state index in [1.54, 1.807) is 30.3 Å². The minimum absolute atomic E-state index is 0.00271. The maximum atomic E-state index is 13.2. The molecular weight excluding hydrogens is 418 g/mol. The number of aryl methyl sites for hydroxylation is 1. The van der Waals surface area contributed by atoms with E-state index in [1.165, 1.54) is 11.2 Å². The number of ketones is 1. The van der Waals surface area contributed by atoms with Gasteiger partial charge in [-0.25, -0.2) is 0 Å². The van der Waals surface area contributed by atoms with Gasteiger partial charge in [-0.15, -0.1) is 0 Å². The second-order valence-electron chi connectivity index (χ2n) is 8.31. The van der Waals surface area contributed by atoms with Crippen LogP contribution in [0.3, 0.4) is 0 Å². The summed E-state index contributed by atoms with van der Waals surface area (Å²) in [6.07, 6.45) is 1.49. The molecule has 2 aromatic carbocycles. The number of furan rings is 1. The van der Waals surface area contributed by atoms with Crippen molar-refractivity contribution in [1.29, 1.82) is 0 Å². The molecule has 170 valence electrons. The molecule has 3 aromatic rings. The molecule has 0 aliphatic carbocycles. The Morgan fingerprint density at radius 3 is 2.52 bits per heavy atom. The number of hydrogen-bond donors (Lipinski definition) is 1. The SMILES string of the molecule is CCOc1ccc(/C(O)=C2/C(=O)C(=O)N(c3ccccc3C)C2c2ccco2)cc1C(C)C. The van der Waals surface area contributed by atoms with Gasteiger partial charge in [-0.1, -0.05) is 32.0 Å². The Bertz CT molecular complexity index is 1220. The first-order valence-electron chi connectivity index (χ1n) is 11.0. The number of benzene rings is 2. The molecule has 6 nitrogen and oxygen atoms in total. The Hall–Kier alpha value is -3.80. The summed E-state index contributed by atoms with van der Waals surface area (Å²) in [7, 11) is 0. The van der Waals surface area contributed by atoms with Crippen molar-refractivity contribution in [2.45, 2.75) is 39.7 Å². The third-order valence-corrected chi connectivity index (χ3v) is 5.84. The van der Waals surface area contributed by atoms with Gasteiger partial charge >= 0.3 is 0 Å². The normalized spacial score (nSPS) is 17.7. The van der Waals surface area contributed by atoms with Crippen LogP contribution in [-0.4, -0.2) is 23.4 Å². The summed E-state index contributed by atoms with van der Waals surface area (Å²) >= 11 is 0. The van der Waals surface area contributed by atoms with E-state index in [0.717, 1.165) is 16.9 Å². The van der Waals surface area contributed by atoms with Gasteiger partial charge in [0.2, 0.25) is 0 Å². The zero-order chi connectivity index (χ0) is 23.7. The lowest BCUT2D eigenvalue weighted by Gasteiger charge is -2.25. The fraction of sp³-hybridized carbons (Fsp3) is 0.259. The topological polar surface area (TPSA) is 80.0 Å². The van der Waals surface area contributed by atoms with Crippen LogP contribution >= 0.6 is 0 Å². The van der Waals surface area contributed by atoms with Crippen LogP contribution in [0.15, 0.2) is 70.9 Å². The molecule has 1 saturated heterocycles. The number of para-hydroxylation sites is 1. The van der Waals surface area contributed by atoms with Crippen molar-refractivity contribution in [2.24, 2.45) is 0 Å². The highest BCUT2D eigenvalue weighted by Crippen LogP contribution is 2.43. The Morgan fingerprint density at radius 2 is 1.88 bits per heavy atom. The molecule has 0 bridgehead atoms. The van der Waals surface area contributed by atoms with Crippen LogP contribution in [0.4, 0.5) is 5.69 Å². The average Bonchev–Trinajstić information content (AvgIpc) is 3.41. The molecule has 1 aliphatic rings. The van der Waals surface area contributed by atoms with E-state index in [1.807, 2.05) is 52.0 Å². The van der Waals surface area contributed by atoms with Gasteiger partial charge in [-0.3, -0.25) is 14.5 Å². The summed E-state index contributed by atoms with van der Waals surface area (Å²) in [6.45, 7) is 8.36. The quantitative estimate of drug-likeness (QED) is 0.297. The number of carbonyl (C=O) groups excluding carboxylic acids is 2. The monoisotopic (exact) mass is 445 g/mol. The van der Waals surface area contributed by atoms with Crippen LogP contribution in [0.5, 0.6) is 5.75 Å². The highest BCUT2D eigenvalue weighted by Gasteiger charge is 2.48. The molecule has 2 heterocycles. The Kier molecular flexibility index (Phi) is 6.09. The van der Waals surface area contributed by atoms with Crippen molar-refractivity contribution in [2.75, 3.05) is 11.5 Å². The number of hydrogen-bond acceptors (Lipinski definition) is 5. The minimum atomic E-state index is -0.879. The summed E-state index contributed by atoms with van der Waals surface area (Å²) in [5.74, 6) is -0.439. The van der Waals surface area contributed by atoms with Crippen LogP contribution in [0, 0.1) is 6.92 Å². The number of anilines is 1. The fourth-order valence-corrected chi connectivity index (χ4v) is 4.22. The van der Waals surface area contributed by atoms with Crippen LogP contribution in [0.1, 0.15) is 55.2 Å². The zero-order valence-electron chi connectivity index (χ0n) is 19.2. The van der Waals surface area contributed by atoms with Gasteiger partial charge in [0.1, 0.15) is 23.3 Å². The van der Waals surface area contributed by atoms with Crippen molar-refractivity contribution in [1.82, 2.24) is 0 Å². The molecule has 1 aromatic heterocycles. The molecular formula is C27H27NO5. The van der Waals surface area contributed by atoms with Crippen molar-refractivity contribution in [3.63, 3.8) is 0 Å². The zero-order valence-corrected chi connectivity index (χ0v) is 19.2. The van der Waals surface area contributed by atoms with Gasteiger partial charge in [0, 0.05) is 11.3 Å². The predicted molar refractivity (Wildman–Crippen MR) is 126 cm³/mol. The molecule has 1 atom stereocenters. The molecule has 0 spiro atoms. The minimum Gasteiger partial charge on any atom is -0.507 e. The number of aliphatic hydroxyl groups is 1. The summed E-state index contributed by atoms with van der Waals surface area (Å²) in [5.41, 5.74) is 2.77. The van der Waals surface area contributed by atoms with E-state index in [0.29, 0.717) is 23.6 Å². The number of carbonyl (C=O) groups is 2. The summed E-state index contributed by atoms with van der Waals surface area (Å²) in [5, 5.41) is 11.3. The Labute approximate surface area is 193 Å². The lowest BCUT2D eigenvalue weighted by atomic mass is 9.95. The fourth-order valence-electron chi connectivity index (χ4n) is 4.22. The van der Waals surface area contributed by atoms with Gasteiger partial charge < -0.3 is 14.3 Å². The largest absolute Gasteiger partial charge is 0.507 e. The van der Waals surface area contributed by atoms with E-state index in [4.69, 9.17) is 9.15 Å². The van der Waals surface area contributed by atoms with Crippen LogP contribution in [0.25, 0.3) is 5.76 Å². The smallest absolute Gasteiger partial charge is 0.300 e. The van der Waals surface area contributed by atoms with Crippen molar-refractivity contribution < 1.29 is 23.8 Å². The summed E-state index contributed by atoms with van der Waals surface area (Å²) in [6, 6.07) is 15.1. The average molecular weight is 446 g/mol. The molecule has 4 rings (SSSR count). The standard InChI is InChI=1S/C27H27NO5/c1-5-32-21-13-12-18(15-19(21)16(2)3)25(29)23-24(22-11-8-14-33-22)28(27(31)26(23)30)20-10-7-6-9-17(20)4/h6-16,24,29H,5H2,1-4H3/b25-23-. The van der Waals surface area contributed by atoms with Gasteiger partial charge in [-0.05, 0) is 67.3 Å². The molecule has 1 aliphatic heterocycles. The number of amides is 1. The number of rotatable bonds is 6. The second-order valence-corrected chi connectivity index (χ2v) is 8.31. The number of ether oxygens (including phenoxy) is 1. The van der Waals surface area contributed by atoms with E-state index in [-0.39, 0.29) is 17.3 Å². The van der Waals surface area contributed by atoms with Crippen LogP contribution in [0.2, 0.25) is 0 Å². The molecule has 1 unspecified atom stereocenters. The van der Waals surface area contributed by atoms with E-state index >= 15 is 0 Å². The second kappa shape index (κ2) is 8.98. The van der Waals surface area contributed by atoms with Crippen LogP contribution in [-0.2, 0) is 9.59 Å². The van der Waals surface area contributed by atoms with E-state index in [9.17, 15) is 14.7 Å². The predicted octanol–water partition coefficient (Wildman–Crippen LogP) is 5.74. The highest BCUT2D eigenvalue weighted by molar-refractivity contribution is 6.51. The van der Waals surface area contributed by atoms with Crippen molar-refractivity contribution in [3.05, 3.63) is 88.9 Å². The maximum Gasteiger partial charge on any atom is 0.300 e. The molecule has 6 heteroatoms. The van der Waals surface area contributed by atoms with Crippen molar-refractivity contribution >= 4 is 23.1 Å². The molecule has 33 heavy (non-hydrogen) atoms. The van der Waals surface area contributed by atoms with E-state index in [2.05, 4.69) is 0 Å². The highest BCUT2D eigenvalue weighted by atomic mass is 16.5. The van der Waals surface area contributed by atoms with Crippen LogP contribution < -0.4 is 9.64 Å². The first-order chi connectivity index (χ1) is 15.8. The first-order valence-corrected chi connectivity index (χ1v) is 11.0. The summed E-state index contributed by atoms with van der Waals surface area (Å²) < 4.78 is 11.3. The molecule has 0 radical (unpaired) electrons. The first kappa shape index (κ1) is 22.4. The lowest BCUT2D eigenvalue weighted by molar-refractivity contribution is -0.132. The maximum absolute atomic E-state index is 13.2. The Morgan fingerprint density at radius 1 is 1.12 bits per heavy atom. The molecule has 0 saturated carbocycles. The number of Topliss-reactive ketones (excluding diaryl/α,β-unsaturated/α-hetero) is 1.